The molecule has 24 heavy (non-hydrogen) atoms. The highest BCUT2D eigenvalue weighted by Crippen LogP contribution is 2.55. The molecule has 0 aromatic rings. The summed E-state index contributed by atoms with van der Waals surface area (Å²) < 4.78 is 34.3. The van der Waals surface area contributed by atoms with Gasteiger partial charge in [-0.3, -0.25) is 13.8 Å². The van der Waals surface area contributed by atoms with Gasteiger partial charge in [0.15, 0.2) is 0 Å². The van der Waals surface area contributed by atoms with Crippen molar-refractivity contribution >= 4 is 22.0 Å². The first-order valence-electron chi connectivity index (χ1n) is 8.58. The molecule has 2 saturated carbocycles. The number of amides is 1. The average molecular weight is 359 g/mol. The smallest absolute Gasteiger partial charge is 0.325 e. The molecule has 1 N–H and O–H groups in total. The van der Waals surface area contributed by atoms with Gasteiger partial charge >= 0.3 is 5.97 Å². The molecule has 136 valence electrons. The lowest BCUT2D eigenvalue weighted by Crippen LogP contribution is -2.41. The van der Waals surface area contributed by atoms with Crippen molar-refractivity contribution in [2.24, 2.45) is 23.7 Å². The molecule has 0 spiro atoms. The highest BCUT2D eigenvalue weighted by Gasteiger charge is 2.65. The van der Waals surface area contributed by atoms with E-state index >= 15 is 0 Å². The molecule has 2 aliphatic carbocycles. The fourth-order valence-electron chi connectivity index (χ4n) is 4.39. The Bertz CT molecular complexity index is 630. The number of carbonyl (C=O) groups is 2. The fourth-order valence-corrected chi connectivity index (χ4v) is 6.27. The van der Waals surface area contributed by atoms with Crippen LogP contribution >= 0.6 is 0 Å². The van der Waals surface area contributed by atoms with E-state index in [2.05, 4.69) is 5.32 Å². The molecule has 2 bridgehead atoms. The van der Waals surface area contributed by atoms with Crippen LogP contribution in [0.3, 0.4) is 0 Å². The molecule has 7 nitrogen and oxygen atoms in total. The van der Waals surface area contributed by atoms with E-state index in [1.807, 2.05) is 20.8 Å². The molecule has 1 heterocycles. The van der Waals surface area contributed by atoms with E-state index < -0.39 is 33.5 Å². The predicted molar refractivity (Wildman–Crippen MR) is 85.3 cm³/mol. The molecule has 1 saturated heterocycles. The first-order chi connectivity index (χ1) is 11.2. The normalized spacial score (nSPS) is 36.8. The van der Waals surface area contributed by atoms with E-state index in [1.54, 1.807) is 0 Å². The minimum atomic E-state index is -3.51. The third kappa shape index (κ3) is 3.18. The lowest BCUT2D eigenvalue weighted by Gasteiger charge is -2.25. The molecule has 1 amide bonds. The van der Waals surface area contributed by atoms with E-state index in [0.29, 0.717) is 12.3 Å². The summed E-state index contributed by atoms with van der Waals surface area (Å²) in [5.41, 5.74) is 0. The number of nitrogens with one attached hydrogen (secondary N) is 1. The first-order valence-corrected chi connectivity index (χ1v) is 10.1. The number of ether oxygens (including phenoxy) is 1. The zero-order chi connectivity index (χ0) is 17.6. The van der Waals surface area contributed by atoms with Crippen LogP contribution in [0.5, 0.6) is 0 Å². The third-order valence-electron chi connectivity index (χ3n) is 5.36. The summed E-state index contributed by atoms with van der Waals surface area (Å²) in [7, 11) is -3.51. The van der Waals surface area contributed by atoms with Crippen LogP contribution in [0.2, 0.25) is 0 Å². The van der Waals surface area contributed by atoms with Crippen molar-refractivity contribution < 1.29 is 26.9 Å². The van der Waals surface area contributed by atoms with E-state index in [4.69, 9.17) is 8.92 Å². The van der Waals surface area contributed by atoms with Crippen LogP contribution in [-0.2, 0) is 28.6 Å². The van der Waals surface area contributed by atoms with Gasteiger partial charge in [-0.15, -0.1) is 0 Å². The summed E-state index contributed by atoms with van der Waals surface area (Å²) in [5.74, 6) is -0.485. The van der Waals surface area contributed by atoms with E-state index in [0.717, 1.165) is 12.8 Å². The summed E-state index contributed by atoms with van der Waals surface area (Å²) in [6, 6.07) is 0. The van der Waals surface area contributed by atoms with E-state index in [1.165, 1.54) is 0 Å². The highest BCUT2D eigenvalue weighted by molar-refractivity contribution is 7.87. The lowest BCUT2D eigenvalue weighted by molar-refractivity contribution is -0.155. The van der Waals surface area contributed by atoms with Crippen LogP contribution in [0, 0.1) is 23.7 Å². The van der Waals surface area contributed by atoms with Crippen molar-refractivity contribution in [3.63, 3.8) is 0 Å². The van der Waals surface area contributed by atoms with Crippen molar-refractivity contribution in [1.29, 1.82) is 0 Å². The van der Waals surface area contributed by atoms with Gasteiger partial charge in [0.2, 0.25) is 5.91 Å². The number of hydrogen-bond acceptors (Lipinski definition) is 6. The van der Waals surface area contributed by atoms with Crippen LogP contribution in [-0.4, -0.2) is 44.3 Å². The molecule has 0 radical (unpaired) electrons. The van der Waals surface area contributed by atoms with Gasteiger partial charge in [-0.2, -0.15) is 8.42 Å². The highest BCUT2D eigenvalue weighted by atomic mass is 32.2. The number of carbonyl (C=O) groups excluding carboxylic acids is 2. The quantitative estimate of drug-likeness (QED) is 0.557. The molecular weight excluding hydrogens is 334 g/mol. The maximum atomic E-state index is 12.0. The van der Waals surface area contributed by atoms with Crippen molar-refractivity contribution in [1.82, 2.24) is 5.32 Å². The van der Waals surface area contributed by atoms with Gasteiger partial charge in [0.25, 0.3) is 10.1 Å². The summed E-state index contributed by atoms with van der Waals surface area (Å²) in [5, 5.41) is 2.16. The van der Waals surface area contributed by atoms with Gasteiger partial charge in [0.05, 0.1) is 5.25 Å². The molecular formula is C16H25NO6S. The second kappa shape index (κ2) is 6.29. The standard InChI is InChI=1S/C16H25NO6S/c1-8(2)4-9(3)16(19)17-7-13(18)22-14-10-5-11-12(6-10)24(20,21)23-15(11)14/h8-12,14-15H,4-7H2,1-3H3,(H,17,19). The predicted octanol–water partition coefficient (Wildman–Crippen LogP) is 0.834. The minimum absolute atomic E-state index is 0.0433. The Kier molecular flexibility index (Phi) is 4.63. The third-order valence-corrected chi connectivity index (χ3v) is 7.14. The SMILES string of the molecule is CC(C)CC(C)C(=O)NCC(=O)OC1C2CC3C1OS(=O)(=O)C3C2. The summed E-state index contributed by atoms with van der Waals surface area (Å²) >= 11 is 0. The molecule has 3 aliphatic rings. The zero-order valence-corrected chi connectivity index (χ0v) is 15.0. The zero-order valence-electron chi connectivity index (χ0n) is 14.2. The van der Waals surface area contributed by atoms with Gasteiger partial charge in [-0.05, 0) is 25.2 Å². The van der Waals surface area contributed by atoms with Crippen molar-refractivity contribution in [2.75, 3.05) is 6.54 Å². The Balaban J connectivity index is 1.49. The van der Waals surface area contributed by atoms with Crippen molar-refractivity contribution in [2.45, 2.75) is 57.5 Å². The van der Waals surface area contributed by atoms with Crippen LogP contribution in [0.25, 0.3) is 0 Å². The summed E-state index contributed by atoms with van der Waals surface area (Å²) in [6.07, 6.45) is 0.922. The van der Waals surface area contributed by atoms with Crippen molar-refractivity contribution in [3.8, 4) is 0 Å². The van der Waals surface area contributed by atoms with Gasteiger partial charge in [-0.1, -0.05) is 20.8 Å². The number of fused-ring (bicyclic) bond motifs is 1. The molecule has 6 atom stereocenters. The summed E-state index contributed by atoms with van der Waals surface area (Å²) in [6.45, 7) is 5.71. The second-order valence-electron chi connectivity index (χ2n) is 7.69. The first kappa shape index (κ1) is 17.7. The molecule has 0 aromatic carbocycles. The number of hydrogen-bond donors (Lipinski definition) is 1. The topological polar surface area (TPSA) is 98.8 Å². The van der Waals surface area contributed by atoms with Crippen LogP contribution in [0.1, 0.15) is 40.0 Å². The van der Waals surface area contributed by atoms with Gasteiger partial charge in [0.1, 0.15) is 18.8 Å². The van der Waals surface area contributed by atoms with Crippen LogP contribution in [0.4, 0.5) is 0 Å². The molecule has 6 unspecified atom stereocenters. The maximum absolute atomic E-state index is 12.0. The molecule has 0 aromatic heterocycles. The van der Waals surface area contributed by atoms with E-state index in [9.17, 15) is 18.0 Å². The second-order valence-corrected chi connectivity index (χ2v) is 9.47. The maximum Gasteiger partial charge on any atom is 0.325 e. The Hall–Kier alpha value is -1.15. The Morgan fingerprint density at radius 2 is 1.96 bits per heavy atom. The molecule has 1 aliphatic heterocycles. The van der Waals surface area contributed by atoms with E-state index in [-0.39, 0.29) is 30.2 Å². The lowest BCUT2D eigenvalue weighted by atomic mass is 9.94. The van der Waals surface area contributed by atoms with Gasteiger partial charge in [0, 0.05) is 17.8 Å². The Morgan fingerprint density at radius 1 is 1.25 bits per heavy atom. The molecule has 3 fully saturated rings. The van der Waals surface area contributed by atoms with Crippen LogP contribution < -0.4 is 5.32 Å². The largest absolute Gasteiger partial charge is 0.458 e. The molecule has 8 heteroatoms. The number of rotatable bonds is 6. The van der Waals surface area contributed by atoms with Crippen LogP contribution in [0.15, 0.2) is 0 Å². The number of esters is 1. The van der Waals surface area contributed by atoms with Gasteiger partial charge < -0.3 is 10.1 Å². The minimum Gasteiger partial charge on any atom is -0.458 e. The average Bonchev–Trinajstić information content (AvgIpc) is 3.08. The van der Waals surface area contributed by atoms with Crippen molar-refractivity contribution in [3.05, 3.63) is 0 Å². The fraction of sp³-hybridized carbons (Fsp3) is 0.875. The summed E-state index contributed by atoms with van der Waals surface area (Å²) in [4.78, 5) is 24.0. The van der Waals surface area contributed by atoms with Gasteiger partial charge in [-0.25, -0.2) is 0 Å². The molecule has 3 rings (SSSR count). The Labute approximate surface area is 142 Å². The monoisotopic (exact) mass is 359 g/mol. The Morgan fingerprint density at radius 3 is 2.62 bits per heavy atom.